The van der Waals surface area contributed by atoms with Crippen LogP contribution in [0.15, 0.2) is 24.3 Å². The van der Waals surface area contributed by atoms with E-state index >= 15 is 0 Å². The molecule has 1 saturated heterocycles. The fourth-order valence-electron chi connectivity index (χ4n) is 1.99. The maximum atomic E-state index is 11.6. The van der Waals surface area contributed by atoms with Crippen LogP contribution in [0.3, 0.4) is 0 Å². The molecule has 1 aromatic carbocycles. The highest BCUT2D eigenvalue weighted by atomic mass is 16.5. The van der Waals surface area contributed by atoms with Crippen molar-refractivity contribution >= 4 is 11.7 Å². The zero-order valence-electron chi connectivity index (χ0n) is 10.4. The van der Waals surface area contributed by atoms with E-state index < -0.39 is 0 Å². The summed E-state index contributed by atoms with van der Waals surface area (Å²) in [5, 5.41) is 0. The van der Waals surface area contributed by atoms with Crippen molar-refractivity contribution in [3.8, 4) is 0 Å². The zero-order valence-corrected chi connectivity index (χ0v) is 10.4. The van der Waals surface area contributed by atoms with Gasteiger partial charge in [-0.15, -0.1) is 0 Å². The van der Waals surface area contributed by atoms with E-state index in [-0.39, 0.29) is 5.97 Å². The van der Waals surface area contributed by atoms with Crippen LogP contribution in [0.4, 0.5) is 5.69 Å². The first-order chi connectivity index (χ1) is 8.74. The van der Waals surface area contributed by atoms with Gasteiger partial charge in [-0.25, -0.2) is 0 Å². The molecule has 0 radical (unpaired) electrons. The monoisotopic (exact) mass is 249 g/mol. The number of rotatable bonds is 5. The van der Waals surface area contributed by atoms with Gasteiger partial charge < -0.3 is 15.2 Å². The highest BCUT2D eigenvalue weighted by Gasteiger charge is 2.17. The predicted molar refractivity (Wildman–Crippen MR) is 69.1 cm³/mol. The number of carbonyl (C=O) groups is 1. The number of esters is 1. The van der Waals surface area contributed by atoms with Crippen molar-refractivity contribution in [1.29, 1.82) is 0 Å². The fraction of sp³-hybridized carbons (Fsp3) is 0.500. The molecule has 2 N–H and O–H groups in total. The van der Waals surface area contributed by atoms with Crippen molar-refractivity contribution in [3.63, 3.8) is 0 Å². The van der Waals surface area contributed by atoms with Crippen LogP contribution in [-0.4, -0.2) is 25.8 Å². The number of aryl methyl sites for hydroxylation is 1. The second kappa shape index (κ2) is 6.40. The molecule has 0 saturated carbocycles. The normalized spacial score (nSPS) is 18.8. The first-order valence-corrected chi connectivity index (χ1v) is 6.32. The molecule has 1 heterocycles. The molecule has 2 rings (SSSR count). The highest BCUT2D eigenvalue weighted by Crippen LogP contribution is 2.13. The van der Waals surface area contributed by atoms with Gasteiger partial charge in [0.2, 0.25) is 0 Å². The fourth-order valence-corrected chi connectivity index (χ4v) is 1.99. The Morgan fingerprint density at radius 1 is 1.50 bits per heavy atom. The summed E-state index contributed by atoms with van der Waals surface area (Å²) in [6.45, 7) is 1.98. The number of carbonyl (C=O) groups excluding carboxylic acids is 1. The van der Waals surface area contributed by atoms with Gasteiger partial charge >= 0.3 is 5.97 Å². The summed E-state index contributed by atoms with van der Waals surface area (Å²) in [4.78, 5) is 11.6. The Morgan fingerprint density at radius 3 is 3.11 bits per heavy atom. The molecule has 4 nitrogen and oxygen atoms in total. The van der Waals surface area contributed by atoms with Crippen molar-refractivity contribution in [2.45, 2.75) is 19.3 Å². The van der Waals surface area contributed by atoms with Gasteiger partial charge in [-0.1, -0.05) is 12.1 Å². The van der Waals surface area contributed by atoms with Crippen LogP contribution >= 0.6 is 0 Å². The summed E-state index contributed by atoms with van der Waals surface area (Å²) in [6.07, 6.45) is 2.06. The summed E-state index contributed by atoms with van der Waals surface area (Å²) in [6, 6.07) is 7.58. The zero-order chi connectivity index (χ0) is 12.8. The van der Waals surface area contributed by atoms with E-state index in [0.717, 1.165) is 24.3 Å². The number of nitrogen functional groups attached to an aromatic ring is 1. The molecular weight excluding hydrogens is 230 g/mol. The molecule has 98 valence electrons. The number of ether oxygens (including phenoxy) is 2. The number of nitrogens with two attached hydrogens (primary N) is 1. The van der Waals surface area contributed by atoms with Crippen LogP contribution in [0, 0.1) is 5.92 Å². The Bertz CT molecular complexity index is 400. The van der Waals surface area contributed by atoms with E-state index in [0.29, 0.717) is 32.0 Å². The van der Waals surface area contributed by atoms with E-state index in [2.05, 4.69) is 0 Å². The first kappa shape index (κ1) is 12.9. The average molecular weight is 249 g/mol. The maximum absolute atomic E-state index is 11.6. The number of benzene rings is 1. The lowest BCUT2D eigenvalue weighted by Gasteiger charge is -2.09. The molecular formula is C14H19NO3. The number of hydrogen-bond donors (Lipinski definition) is 1. The second-order valence-electron chi connectivity index (χ2n) is 4.66. The maximum Gasteiger partial charge on any atom is 0.306 e. The van der Waals surface area contributed by atoms with E-state index in [1.165, 1.54) is 0 Å². The Kier molecular flexibility index (Phi) is 4.59. The second-order valence-corrected chi connectivity index (χ2v) is 4.66. The van der Waals surface area contributed by atoms with E-state index in [1.54, 1.807) is 0 Å². The van der Waals surface area contributed by atoms with Gasteiger partial charge in [0.25, 0.3) is 0 Å². The molecule has 18 heavy (non-hydrogen) atoms. The molecule has 0 amide bonds. The number of anilines is 1. The van der Waals surface area contributed by atoms with Crippen LogP contribution in [0.1, 0.15) is 18.4 Å². The third-order valence-corrected chi connectivity index (χ3v) is 3.07. The quantitative estimate of drug-likeness (QED) is 0.638. The minimum Gasteiger partial charge on any atom is -0.465 e. The van der Waals surface area contributed by atoms with Gasteiger partial charge in [-0.3, -0.25) is 4.79 Å². The van der Waals surface area contributed by atoms with Crippen molar-refractivity contribution in [3.05, 3.63) is 29.8 Å². The summed E-state index contributed by atoms with van der Waals surface area (Å²) < 4.78 is 10.5. The summed E-state index contributed by atoms with van der Waals surface area (Å²) in [7, 11) is 0. The largest absolute Gasteiger partial charge is 0.465 e. The van der Waals surface area contributed by atoms with E-state index in [9.17, 15) is 4.79 Å². The summed E-state index contributed by atoms with van der Waals surface area (Å²) in [5.41, 5.74) is 7.47. The third-order valence-electron chi connectivity index (χ3n) is 3.07. The van der Waals surface area contributed by atoms with Crippen LogP contribution < -0.4 is 5.73 Å². The molecule has 1 aliphatic heterocycles. The molecule has 0 bridgehead atoms. The summed E-state index contributed by atoms with van der Waals surface area (Å²) in [5.74, 6) is 0.227. The van der Waals surface area contributed by atoms with Gasteiger partial charge in [0, 0.05) is 24.6 Å². The van der Waals surface area contributed by atoms with Crippen molar-refractivity contribution in [2.75, 3.05) is 25.6 Å². The Hall–Kier alpha value is -1.55. The molecule has 4 heteroatoms. The number of hydrogen-bond acceptors (Lipinski definition) is 4. The standard InChI is InChI=1S/C14H19NO3/c15-13-3-1-2-11(8-13)4-5-14(16)18-10-12-6-7-17-9-12/h1-3,8,12H,4-7,9-10,15H2. The Balaban J connectivity index is 1.68. The average Bonchev–Trinajstić information content (AvgIpc) is 2.87. The topological polar surface area (TPSA) is 61.6 Å². The lowest BCUT2D eigenvalue weighted by Crippen LogP contribution is -2.14. The third kappa shape index (κ3) is 4.04. The molecule has 1 atom stereocenters. The summed E-state index contributed by atoms with van der Waals surface area (Å²) >= 11 is 0. The van der Waals surface area contributed by atoms with Crippen LogP contribution in [0.5, 0.6) is 0 Å². The van der Waals surface area contributed by atoms with Gasteiger partial charge in [-0.2, -0.15) is 0 Å². The van der Waals surface area contributed by atoms with E-state index in [1.807, 2.05) is 24.3 Å². The van der Waals surface area contributed by atoms with Crippen LogP contribution in [0.25, 0.3) is 0 Å². The van der Waals surface area contributed by atoms with E-state index in [4.69, 9.17) is 15.2 Å². The lowest BCUT2D eigenvalue weighted by atomic mass is 10.1. The van der Waals surface area contributed by atoms with Crippen LogP contribution in [-0.2, 0) is 20.7 Å². The lowest BCUT2D eigenvalue weighted by molar-refractivity contribution is -0.144. The van der Waals surface area contributed by atoms with Gasteiger partial charge in [0.1, 0.15) is 0 Å². The van der Waals surface area contributed by atoms with Crippen molar-refractivity contribution in [2.24, 2.45) is 5.92 Å². The molecule has 0 spiro atoms. The van der Waals surface area contributed by atoms with Crippen molar-refractivity contribution < 1.29 is 14.3 Å². The molecule has 1 aliphatic rings. The molecule has 0 aromatic heterocycles. The predicted octanol–water partition coefficient (Wildman–Crippen LogP) is 1.78. The minimum absolute atomic E-state index is 0.149. The van der Waals surface area contributed by atoms with Gasteiger partial charge in [-0.05, 0) is 30.5 Å². The minimum atomic E-state index is -0.149. The Labute approximate surface area is 107 Å². The van der Waals surface area contributed by atoms with Crippen LogP contribution in [0.2, 0.25) is 0 Å². The van der Waals surface area contributed by atoms with Crippen molar-refractivity contribution in [1.82, 2.24) is 0 Å². The molecule has 1 fully saturated rings. The first-order valence-electron chi connectivity index (χ1n) is 6.32. The molecule has 1 unspecified atom stereocenters. The van der Waals surface area contributed by atoms with Gasteiger partial charge in [0.05, 0.1) is 13.2 Å². The smallest absolute Gasteiger partial charge is 0.306 e. The van der Waals surface area contributed by atoms with Gasteiger partial charge in [0.15, 0.2) is 0 Å². The molecule has 1 aromatic rings. The highest BCUT2D eigenvalue weighted by molar-refractivity contribution is 5.69. The molecule has 0 aliphatic carbocycles. The Morgan fingerprint density at radius 2 is 2.39 bits per heavy atom. The SMILES string of the molecule is Nc1cccc(CCC(=O)OCC2CCOC2)c1.